The maximum Gasteiger partial charge on any atom is 0.316 e. The number of benzene rings is 3. The summed E-state index contributed by atoms with van der Waals surface area (Å²) in [6, 6.07) is 23.6. The number of carbonyl (C=O) groups excluding carboxylic acids is 1. The Morgan fingerprint density at radius 2 is 1.54 bits per heavy atom. The third kappa shape index (κ3) is 3.99. The van der Waals surface area contributed by atoms with Gasteiger partial charge >= 0.3 is 5.91 Å². The molecule has 0 atom stereocenters. The van der Waals surface area contributed by atoms with Gasteiger partial charge in [0.2, 0.25) is 5.88 Å². The maximum absolute atomic E-state index is 13.2. The lowest BCUT2D eigenvalue weighted by atomic mass is 10.1. The van der Waals surface area contributed by atoms with E-state index in [2.05, 4.69) is 15.3 Å². The molecule has 3 aromatic carbocycles. The average molecular weight is 466 g/mol. The Kier molecular flexibility index (Phi) is 5.70. The van der Waals surface area contributed by atoms with Crippen LogP contribution in [0.25, 0.3) is 21.7 Å². The van der Waals surface area contributed by atoms with Crippen LogP contribution < -0.4 is 5.56 Å². The second-order valence-corrected chi connectivity index (χ2v) is 8.50. The van der Waals surface area contributed by atoms with E-state index in [9.17, 15) is 14.7 Å². The highest BCUT2D eigenvalue weighted by molar-refractivity contribution is 6.05. The number of amides is 1. The van der Waals surface area contributed by atoms with Gasteiger partial charge in [0.15, 0.2) is 11.4 Å². The lowest BCUT2D eigenvalue weighted by molar-refractivity contribution is 0.0990. The lowest BCUT2D eigenvalue weighted by Gasteiger charge is -2.10. The molecule has 0 saturated heterocycles. The first-order valence-electron chi connectivity index (χ1n) is 11.3. The van der Waals surface area contributed by atoms with Crippen molar-refractivity contribution in [3.63, 3.8) is 0 Å². The zero-order valence-corrected chi connectivity index (χ0v) is 19.3. The molecule has 0 saturated carbocycles. The Labute approximate surface area is 200 Å². The monoisotopic (exact) mass is 465 g/mol. The van der Waals surface area contributed by atoms with Crippen LogP contribution in [0, 0.1) is 0 Å². The van der Waals surface area contributed by atoms with Crippen LogP contribution in [0.1, 0.15) is 35.9 Å². The Balaban J connectivity index is 1.60. The fraction of sp³-hybridized carbons (Fsp3) is 0.148. The van der Waals surface area contributed by atoms with Gasteiger partial charge in [0, 0.05) is 16.8 Å². The molecule has 8 heteroatoms. The van der Waals surface area contributed by atoms with Crippen molar-refractivity contribution in [2.45, 2.75) is 26.4 Å². The van der Waals surface area contributed by atoms with Gasteiger partial charge in [0.05, 0.1) is 17.4 Å². The molecule has 5 rings (SSSR count). The molecule has 0 bridgehead atoms. The summed E-state index contributed by atoms with van der Waals surface area (Å²) in [6.45, 7) is 4.11. The smallest absolute Gasteiger partial charge is 0.316 e. The van der Waals surface area contributed by atoms with Crippen LogP contribution in [0.3, 0.4) is 0 Å². The van der Waals surface area contributed by atoms with Gasteiger partial charge in [-0.25, -0.2) is 4.68 Å². The van der Waals surface area contributed by atoms with E-state index < -0.39 is 5.91 Å². The second kappa shape index (κ2) is 8.98. The number of hydrogen-bond acceptors (Lipinski definition) is 5. The van der Waals surface area contributed by atoms with Crippen molar-refractivity contribution < 1.29 is 9.90 Å². The molecule has 0 spiro atoms. The highest BCUT2D eigenvalue weighted by Crippen LogP contribution is 2.40. The Bertz CT molecular complexity index is 1650. The maximum atomic E-state index is 13.2. The first-order valence-corrected chi connectivity index (χ1v) is 11.3. The van der Waals surface area contributed by atoms with Crippen molar-refractivity contribution >= 4 is 33.3 Å². The average Bonchev–Trinajstić information content (AvgIpc) is 3.16. The fourth-order valence-electron chi connectivity index (χ4n) is 4.25. The van der Waals surface area contributed by atoms with Crippen molar-refractivity contribution in [2.24, 2.45) is 10.2 Å². The molecular weight excluding hydrogens is 442 g/mol. The number of azo groups is 1. The van der Waals surface area contributed by atoms with E-state index in [0.29, 0.717) is 16.2 Å². The van der Waals surface area contributed by atoms with Crippen molar-refractivity contribution in [2.75, 3.05) is 0 Å². The highest BCUT2D eigenvalue weighted by atomic mass is 16.3. The molecule has 1 N–H and O–H groups in total. The normalized spacial score (nSPS) is 11.7. The van der Waals surface area contributed by atoms with Crippen LogP contribution in [0.4, 0.5) is 5.69 Å². The summed E-state index contributed by atoms with van der Waals surface area (Å²) >= 11 is 0. The standard InChI is InChI=1S/C27H23N5O3/c1-17(2)32-22-15-9-8-14-21(22)24(27(32)35)28-29-25(33)23-19-12-6-7-13-20(19)26(34)31(30-23)16-18-10-4-3-5-11-18/h3-15,17,35H,16H2,1-2H3. The Morgan fingerprint density at radius 3 is 2.26 bits per heavy atom. The molecule has 8 nitrogen and oxygen atoms in total. The number of rotatable bonds is 5. The molecule has 2 aromatic heterocycles. The van der Waals surface area contributed by atoms with Gasteiger partial charge < -0.3 is 9.67 Å². The number of para-hydroxylation sites is 1. The van der Waals surface area contributed by atoms with Crippen LogP contribution in [0.2, 0.25) is 0 Å². The van der Waals surface area contributed by atoms with Crippen molar-refractivity contribution in [1.82, 2.24) is 14.3 Å². The van der Waals surface area contributed by atoms with Crippen LogP contribution in [-0.4, -0.2) is 25.4 Å². The number of fused-ring (bicyclic) bond motifs is 2. The molecule has 0 radical (unpaired) electrons. The van der Waals surface area contributed by atoms with E-state index in [1.165, 1.54) is 4.68 Å². The topological polar surface area (TPSA) is 102 Å². The molecule has 0 fully saturated rings. The summed E-state index contributed by atoms with van der Waals surface area (Å²) in [5.41, 5.74) is 1.61. The molecule has 0 aliphatic heterocycles. The van der Waals surface area contributed by atoms with Gasteiger partial charge in [-0.3, -0.25) is 9.59 Å². The summed E-state index contributed by atoms with van der Waals surface area (Å²) in [7, 11) is 0. The third-order valence-electron chi connectivity index (χ3n) is 5.86. The SMILES string of the molecule is CC(C)n1c(O)c(N=NC(=O)c2nn(Cc3ccccc3)c(=O)c3ccccc23)c2ccccc21. The van der Waals surface area contributed by atoms with Crippen molar-refractivity contribution in [3.8, 4) is 5.88 Å². The minimum absolute atomic E-state index is 0.0203. The molecule has 174 valence electrons. The van der Waals surface area contributed by atoms with Gasteiger partial charge in [-0.2, -0.15) is 5.10 Å². The van der Waals surface area contributed by atoms with Crippen molar-refractivity contribution in [3.05, 3.63) is 100 Å². The summed E-state index contributed by atoms with van der Waals surface area (Å²) in [4.78, 5) is 26.3. The van der Waals surface area contributed by atoms with Gasteiger partial charge in [-0.05, 0) is 31.5 Å². The van der Waals surface area contributed by atoms with Gasteiger partial charge in [-0.15, -0.1) is 10.2 Å². The molecule has 1 amide bonds. The Hall–Kier alpha value is -4.59. The summed E-state index contributed by atoms with van der Waals surface area (Å²) in [5.74, 6) is -0.770. The minimum Gasteiger partial charge on any atom is -0.493 e. The molecule has 0 unspecified atom stereocenters. The Morgan fingerprint density at radius 1 is 0.914 bits per heavy atom. The van der Waals surface area contributed by atoms with Crippen LogP contribution in [0.5, 0.6) is 5.88 Å². The van der Waals surface area contributed by atoms with E-state index >= 15 is 0 Å². The van der Waals surface area contributed by atoms with Crippen LogP contribution in [0.15, 0.2) is 93.9 Å². The van der Waals surface area contributed by atoms with E-state index in [1.54, 1.807) is 28.8 Å². The summed E-state index contributed by atoms with van der Waals surface area (Å²) in [5, 5.41) is 24.7. The molecule has 0 aliphatic rings. The number of aromatic hydroxyl groups is 1. The number of aromatic nitrogens is 3. The fourth-order valence-corrected chi connectivity index (χ4v) is 4.25. The molecule has 0 aliphatic carbocycles. The van der Waals surface area contributed by atoms with E-state index in [1.807, 2.05) is 68.4 Å². The lowest BCUT2D eigenvalue weighted by Crippen LogP contribution is -2.26. The van der Waals surface area contributed by atoms with E-state index in [4.69, 9.17) is 0 Å². The molecular formula is C27H23N5O3. The molecule has 35 heavy (non-hydrogen) atoms. The molecule has 2 heterocycles. The predicted molar refractivity (Wildman–Crippen MR) is 134 cm³/mol. The predicted octanol–water partition coefficient (Wildman–Crippen LogP) is 5.61. The highest BCUT2D eigenvalue weighted by Gasteiger charge is 2.20. The van der Waals surface area contributed by atoms with E-state index in [-0.39, 0.29) is 35.4 Å². The van der Waals surface area contributed by atoms with Crippen molar-refractivity contribution in [1.29, 1.82) is 0 Å². The van der Waals surface area contributed by atoms with Crippen LogP contribution in [-0.2, 0) is 6.54 Å². The minimum atomic E-state index is -0.705. The second-order valence-electron chi connectivity index (χ2n) is 8.50. The summed E-state index contributed by atoms with van der Waals surface area (Å²) in [6.07, 6.45) is 0. The van der Waals surface area contributed by atoms with E-state index in [0.717, 1.165) is 11.1 Å². The first kappa shape index (κ1) is 22.2. The number of nitrogens with zero attached hydrogens (tertiary/aromatic N) is 5. The summed E-state index contributed by atoms with van der Waals surface area (Å²) < 4.78 is 3.00. The number of hydrogen-bond donors (Lipinski definition) is 1. The first-order chi connectivity index (χ1) is 17.0. The third-order valence-corrected chi connectivity index (χ3v) is 5.86. The quantitative estimate of drug-likeness (QED) is 0.341. The largest absolute Gasteiger partial charge is 0.493 e. The zero-order chi connectivity index (χ0) is 24.5. The zero-order valence-electron chi connectivity index (χ0n) is 19.3. The van der Waals surface area contributed by atoms with Gasteiger partial charge in [0.25, 0.3) is 5.56 Å². The van der Waals surface area contributed by atoms with Gasteiger partial charge in [-0.1, -0.05) is 66.7 Å². The van der Waals surface area contributed by atoms with Gasteiger partial charge in [0.1, 0.15) is 0 Å². The number of carbonyl (C=O) groups is 1. The van der Waals surface area contributed by atoms with Crippen LogP contribution >= 0.6 is 0 Å². The molecule has 5 aromatic rings.